The van der Waals surface area contributed by atoms with Crippen molar-refractivity contribution in [2.45, 2.75) is 77.1 Å². The molecule has 6 rings (SSSR count). The third-order valence-corrected chi connectivity index (χ3v) is 9.87. The number of aromatic nitrogens is 4. The van der Waals surface area contributed by atoms with Crippen LogP contribution in [0.5, 0.6) is 0 Å². The second kappa shape index (κ2) is 15.5. The van der Waals surface area contributed by atoms with Gasteiger partial charge in [0, 0.05) is 32.2 Å². The van der Waals surface area contributed by atoms with Crippen LogP contribution in [0.25, 0.3) is 33.6 Å². The van der Waals surface area contributed by atoms with Crippen LogP contribution in [0.4, 0.5) is 9.18 Å². The summed E-state index contributed by atoms with van der Waals surface area (Å²) in [5.41, 5.74) is 4.25. The van der Waals surface area contributed by atoms with Gasteiger partial charge in [-0.25, -0.2) is 19.2 Å². The molecule has 2 saturated heterocycles. The summed E-state index contributed by atoms with van der Waals surface area (Å²) in [4.78, 5) is 57.8. The van der Waals surface area contributed by atoms with Gasteiger partial charge in [-0.15, -0.1) is 0 Å². The van der Waals surface area contributed by atoms with E-state index >= 15 is 4.39 Å². The summed E-state index contributed by atoms with van der Waals surface area (Å²) in [6.07, 6.45) is 5.87. The normalized spacial score (nSPS) is 18.6. The van der Waals surface area contributed by atoms with Crippen molar-refractivity contribution in [1.29, 1.82) is 0 Å². The second-order valence-electron chi connectivity index (χ2n) is 13.7. The van der Waals surface area contributed by atoms with Crippen LogP contribution in [0.3, 0.4) is 0 Å². The van der Waals surface area contributed by atoms with E-state index in [0.717, 1.165) is 54.0 Å². The molecule has 0 bridgehead atoms. The summed E-state index contributed by atoms with van der Waals surface area (Å²) in [7, 11) is 2.71. The van der Waals surface area contributed by atoms with Crippen molar-refractivity contribution in [3.8, 4) is 33.6 Å². The molecule has 12 nitrogen and oxygen atoms in total. The Labute approximate surface area is 297 Å². The number of halogens is 1. The zero-order valence-electron chi connectivity index (χ0n) is 29.7. The van der Waals surface area contributed by atoms with Gasteiger partial charge in [-0.1, -0.05) is 44.2 Å². The predicted molar refractivity (Wildman–Crippen MR) is 190 cm³/mol. The molecule has 2 aromatic carbocycles. The summed E-state index contributed by atoms with van der Waals surface area (Å²) < 4.78 is 25.7. The van der Waals surface area contributed by atoms with Crippen LogP contribution in [0.2, 0.25) is 0 Å². The molecule has 0 radical (unpaired) electrons. The lowest BCUT2D eigenvalue weighted by molar-refractivity contribution is -0.137. The molecule has 51 heavy (non-hydrogen) atoms. The molecule has 0 saturated carbocycles. The van der Waals surface area contributed by atoms with Crippen LogP contribution >= 0.6 is 0 Å². The molecule has 3 N–H and O–H groups in total. The molecule has 2 fully saturated rings. The molecule has 0 spiro atoms. The molecule has 2 aromatic heterocycles. The maximum atomic E-state index is 15.6. The summed E-state index contributed by atoms with van der Waals surface area (Å²) in [6.45, 7) is 7.05. The van der Waals surface area contributed by atoms with Gasteiger partial charge < -0.3 is 34.6 Å². The number of nitrogens with zero attached hydrogens (tertiary/aromatic N) is 4. The Morgan fingerprint density at radius 1 is 0.863 bits per heavy atom. The first-order valence-corrected chi connectivity index (χ1v) is 17.6. The third-order valence-electron chi connectivity index (χ3n) is 9.87. The van der Waals surface area contributed by atoms with E-state index in [-0.39, 0.29) is 23.9 Å². The number of hydrogen-bond donors (Lipinski definition) is 3. The Bertz CT molecular complexity index is 1850. The molecule has 4 heterocycles. The van der Waals surface area contributed by atoms with Crippen LogP contribution < -0.4 is 5.32 Å². The molecule has 4 aromatic rings. The van der Waals surface area contributed by atoms with Gasteiger partial charge in [0.25, 0.3) is 0 Å². The maximum absolute atomic E-state index is 15.6. The van der Waals surface area contributed by atoms with Crippen molar-refractivity contribution < 1.29 is 28.2 Å². The molecule has 4 atom stereocenters. The molecule has 2 aliphatic rings. The largest absolute Gasteiger partial charge is 0.453 e. The van der Waals surface area contributed by atoms with Gasteiger partial charge in [-0.2, -0.15) is 0 Å². The third kappa shape index (κ3) is 7.68. The first kappa shape index (κ1) is 35.8. The molecule has 13 heteroatoms. The Kier molecular flexibility index (Phi) is 10.8. The van der Waals surface area contributed by atoms with Gasteiger partial charge in [0.05, 0.1) is 49.1 Å². The Morgan fingerprint density at radius 3 is 2.08 bits per heavy atom. The van der Waals surface area contributed by atoms with E-state index in [4.69, 9.17) is 9.47 Å². The Balaban J connectivity index is 1.14. The lowest BCUT2D eigenvalue weighted by Gasteiger charge is -2.30. The van der Waals surface area contributed by atoms with Gasteiger partial charge in [0.15, 0.2) is 0 Å². The highest BCUT2D eigenvalue weighted by Crippen LogP contribution is 2.35. The number of hydrogen-bond acceptors (Lipinski definition) is 7. The smallest absolute Gasteiger partial charge is 0.407 e. The fourth-order valence-electron chi connectivity index (χ4n) is 7.06. The number of alkyl carbamates (subject to hydrolysis) is 1. The minimum absolute atomic E-state index is 0.0382. The van der Waals surface area contributed by atoms with Crippen LogP contribution in [0.1, 0.15) is 76.6 Å². The fourth-order valence-corrected chi connectivity index (χ4v) is 7.06. The average molecular weight is 700 g/mol. The van der Waals surface area contributed by atoms with Crippen molar-refractivity contribution in [2.24, 2.45) is 5.92 Å². The SMILES string of the molecule is COC(=O)N[C@@H](C(=O)N1CCC[C@H]1c1ncc(-c2ccc(-c3ccc(-c4cnc([C@@H]5CCCN5C(=O)CC(C)C)[nH]4)cc3)cc2F)[nH]1)[C@@H](C)OC. The van der Waals surface area contributed by atoms with E-state index in [2.05, 4.69) is 39.1 Å². The molecule has 0 unspecified atom stereocenters. The number of methoxy groups -OCH3 is 2. The summed E-state index contributed by atoms with van der Waals surface area (Å²) in [5, 5.41) is 2.58. The topological polar surface area (TPSA) is 146 Å². The molecule has 270 valence electrons. The number of carbonyl (C=O) groups excluding carboxylic acids is 3. The molecular weight excluding hydrogens is 653 g/mol. The van der Waals surface area contributed by atoms with Gasteiger partial charge in [0.2, 0.25) is 11.8 Å². The van der Waals surface area contributed by atoms with Gasteiger partial charge >= 0.3 is 6.09 Å². The lowest BCUT2D eigenvalue weighted by Crippen LogP contribution is -2.54. The quantitative estimate of drug-likeness (QED) is 0.164. The monoisotopic (exact) mass is 699 g/mol. The summed E-state index contributed by atoms with van der Waals surface area (Å²) in [6, 6.07) is 11.6. The predicted octanol–water partition coefficient (Wildman–Crippen LogP) is 6.41. The van der Waals surface area contributed by atoms with E-state index in [9.17, 15) is 14.4 Å². The van der Waals surface area contributed by atoms with Crippen LogP contribution in [-0.4, -0.2) is 87.1 Å². The lowest BCUT2D eigenvalue weighted by atomic mass is 10.0. The van der Waals surface area contributed by atoms with Crippen LogP contribution in [0.15, 0.2) is 54.9 Å². The summed E-state index contributed by atoms with van der Waals surface area (Å²) >= 11 is 0. The van der Waals surface area contributed by atoms with E-state index in [1.807, 2.05) is 35.2 Å². The summed E-state index contributed by atoms with van der Waals surface area (Å²) in [5.74, 6) is 1.11. The van der Waals surface area contributed by atoms with Crippen molar-refractivity contribution in [3.05, 3.63) is 72.3 Å². The second-order valence-corrected chi connectivity index (χ2v) is 13.7. The Morgan fingerprint density at radius 2 is 1.45 bits per heavy atom. The first-order chi connectivity index (χ1) is 24.6. The number of aromatic amines is 2. The highest BCUT2D eigenvalue weighted by molar-refractivity contribution is 5.87. The standard InChI is InChI=1S/C38H46FN7O5/c1-22(2)18-33(47)45-16-6-8-31(45)35-40-20-29(42-35)25-12-10-24(11-13-25)26-14-15-27(28(39)19-26)30-21-41-36(43-30)32-9-7-17-46(32)37(48)34(23(3)50-4)44-38(49)51-5/h10-15,19-23,31-32,34H,6-9,16-18H2,1-5H3,(H,40,42)(H,41,43)(H,44,49)/t23-,31+,32+,34-/m1/s1. The number of nitrogens with one attached hydrogen (secondary N) is 3. The zero-order chi connectivity index (χ0) is 36.2. The van der Waals surface area contributed by atoms with Crippen molar-refractivity contribution in [2.75, 3.05) is 27.3 Å². The van der Waals surface area contributed by atoms with E-state index < -0.39 is 24.1 Å². The average Bonchev–Trinajstić information content (AvgIpc) is 3.96. The molecule has 0 aliphatic carbocycles. The van der Waals surface area contributed by atoms with E-state index in [1.165, 1.54) is 20.3 Å². The molecular formula is C38H46FN7O5. The number of benzene rings is 2. The number of carbonyl (C=O) groups is 3. The maximum Gasteiger partial charge on any atom is 0.407 e. The number of imidazole rings is 2. The first-order valence-electron chi connectivity index (χ1n) is 17.6. The number of likely N-dealkylation sites (tertiary alicyclic amines) is 2. The van der Waals surface area contributed by atoms with Gasteiger partial charge in [-0.3, -0.25) is 9.59 Å². The highest BCUT2D eigenvalue weighted by atomic mass is 19.1. The van der Waals surface area contributed by atoms with E-state index in [0.29, 0.717) is 42.4 Å². The zero-order valence-corrected chi connectivity index (χ0v) is 29.7. The fraction of sp³-hybridized carbons (Fsp3) is 0.447. The number of H-pyrrole nitrogens is 2. The van der Waals surface area contributed by atoms with Crippen LogP contribution in [-0.2, 0) is 19.1 Å². The number of rotatable bonds is 11. The highest BCUT2D eigenvalue weighted by Gasteiger charge is 2.39. The van der Waals surface area contributed by atoms with Gasteiger partial charge in [-0.05, 0) is 67.3 Å². The van der Waals surface area contributed by atoms with Gasteiger partial charge in [0.1, 0.15) is 23.5 Å². The molecule has 3 amide bonds. The minimum Gasteiger partial charge on any atom is -0.453 e. The molecule has 2 aliphatic heterocycles. The van der Waals surface area contributed by atoms with E-state index in [1.54, 1.807) is 30.3 Å². The number of ether oxygens (including phenoxy) is 2. The van der Waals surface area contributed by atoms with Crippen molar-refractivity contribution >= 4 is 17.9 Å². The Hall–Kier alpha value is -5.04. The van der Waals surface area contributed by atoms with Crippen molar-refractivity contribution in [3.63, 3.8) is 0 Å². The van der Waals surface area contributed by atoms with Crippen LogP contribution in [0, 0.1) is 11.7 Å². The number of amides is 3. The van der Waals surface area contributed by atoms with Crippen molar-refractivity contribution in [1.82, 2.24) is 35.1 Å². The minimum atomic E-state index is -0.942.